The van der Waals surface area contributed by atoms with Crippen LogP contribution in [-0.2, 0) is 16.0 Å². The fourth-order valence-corrected chi connectivity index (χ4v) is 2.06. The monoisotopic (exact) mass is 247 g/mol. The van der Waals surface area contributed by atoms with Gasteiger partial charge in [0.15, 0.2) is 0 Å². The largest absolute Gasteiger partial charge is 0.498 e. The van der Waals surface area contributed by atoms with E-state index in [9.17, 15) is 4.79 Å². The van der Waals surface area contributed by atoms with Crippen LogP contribution in [0.4, 0.5) is 5.69 Å². The van der Waals surface area contributed by atoms with Gasteiger partial charge in [-0.2, -0.15) is 0 Å². The molecule has 4 nitrogen and oxygen atoms in total. The van der Waals surface area contributed by atoms with Crippen molar-refractivity contribution in [1.29, 1.82) is 0 Å². The highest BCUT2D eigenvalue weighted by atomic mass is 16.5. The van der Waals surface area contributed by atoms with Gasteiger partial charge in [0, 0.05) is 11.8 Å². The molecule has 0 aromatic heterocycles. The standard InChI is InChI=1S/C14H17NO3/c1-4-18-9(2)12-7-10-5-6-11(17-3)8-13(10)15-14(12)16/h5-6,8,12H,2,4,7H2,1,3H3,(H,15,16). The van der Waals surface area contributed by atoms with Crippen molar-refractivity contribution in [1.82, 2.24) is 0 Å². The zero-order valence-electron chi connectivity index (χ0n) is 10.7. The molecule has 1 aromatic carbocycles. The molecule has 1 atom stereocenters. The molecule has 1 unspecified atom stereocenters. The van der Waals surface area contributed by atoms with Gasteiger partial charge in [0.25, 0.3) is 0 Å². The second kappa shape index (κ2) is 5.12. The fraction of sp³-hybridized carbons (Fsp3) is 0.357. The Hall–Kier alpha value is -1.97. The van der Waals surface area contributed by atoms with Gasteiger partial charge in [0.1, 0.15) is 11.5 Å². The molecule has 1 aromatic rings. The van der Waals surface area contributed by atoms with Crippen molar-refractivity contribution < 1.29 is 14.3 Å². The number of carbonyl (C=O) groups is 1. The molecular formula is C14H17NO3. The van der Waals surface area contributed by atoms with E-state index < -0.39 is 0 Å². The van der Waals surface area contributed by atoms with Crippen molar-refractivity contribution in [3.63, 3.8) is 0 Å². The predicted octanol–water partition coefficient (Wildman–Crippen LogP) is 2.36. The number of methoxy groups -OCH3 is 1. The summed E-state index contributed by atoms with van der Waals surface area (Å²) >= 11 is 0. The zero-order chi connectivity index (χ0) is 13.1. The minimum absolute atomic E-state index is 0.0748. The number of hydrogen-bond acceptors (Lipinski definition) is 3. The van der Waals surface area contributed by atoms with Gasteiger partial charge in [0.2, 0.25) is 5.91 Å². The Morgan fingerprint density at radius 3 is 3.00 bits per heavy atom. The van der Waals surface area contributed by atoms with Crippen LogP contribution in [0.5, 0.6) is 5.75 Å². The quantitative estimate of drug-likeness (QED) is 0.831. The highest BCUT2D eigenvalue weighted by Gasteiger charge is 2.29. The molecule has 0 saturated carbocycles. The maximum absolute atomic E-state index is 12.0. The predicted molar refractivity (Wildman–Crippen MR) is 69.6 cm³/mol. The van der Waals surface area contributed by atoms with Crippen molar-refractivity contribution in [2.45, 2.75) is 13.3 Å². The molecule has 0 aliphatic carbocycles. The van der Waals surface area contributed by atoms with Gasteiger partial charge in [-0.15, -0.1) is 0 Å². The average Bonchev–Trinajstić information content (AvgIpc) is 2.37. The van der Waals surface area contributed by atoms with Crippen LogP contribution in [0.1, 0.15) is 12.5 Å². The molecular weight excluding hydrogens is 230 g/mol. The van der Waals surface area contributed by atoms with Gasteiger partial charge in [-0.3, -0.25) is 4.79 Å². The lowest BCUT2D eigenvalue weighted by molar-refractivity contribution is -0.120. The van der Waals surface area contributed by atoms with E-state index in [0.29, 0.717) is 18.8 Å². The number of amides is 1. The number of benzene rings is 1. The Morgan fingerprint density at radius 2 is 2.33 bits per heavy atom. The first-order chi connectivity index (χ1) is 8.65. The van der Waals surface area contributed by atoms with Crippen LogP contribution in [0.3, 0.4) is 0 Å². The van der Waals surface area contributed by atoms with Gasteiger partial charge < -0.3 is 14.8 Å². The first-order valence-corrected chi connectivity index (χ1v) is 5.95. The summed E-state index contributed by atoms with van der Waals surface area (Å²) in [6, 6.07) is 5.67. The molecule has 0 saturated heterocycles. The van der Waals surface area contributed by atoms with E-state index in [0.717, 1.165) is 17.0 Å². The minimum Gasteiger partial charge on any atom is -0.498 e. The molecule has 0 spiro atoms. The van der Waals surface area contributed by atoms with E-state index in [1.165, 1.54) is 0 Å². The van der Waals surface area contributed by atoms with E-state index in [1.807, 2.05) is 25.1 Å². The summed E-state index contributed by atoms with van der Waals surface area (Å²) in [4.78, 5) is 12.0. The summed E-state index contributed by atoms with van der Waals surface area (Å²) in [5.74, 6) is 0.868. The van der Waals surface area contributed by atoms with Crippen LogP contribution >= 0.6 is 0 Å². The molecule has 1 amide bonds. The van der Waals surface area contributed by atoms with Crippen molar-refractivity contribution in [3.05, 3.63) is 36.1 Å². The van der Waals surface area contributed by atoms with E-state index in [1.54, 1.807) is 7.11 Å². The second-order valence-electron chi connectivity index (χ2n) is 4.17. The molecule has 1 heterocycles. The highest BCUT2D eigenvalue weighted by molar-refractivity contribution is 5.97. The SMILES string of the molecule is C=C(OCC)C1Cc2ccc(OC)cc2NC1=O. The van der Waals surface area contributed by atoms with Gasteiger partial charge in [-0.25, -0.2) is 0 Å². The zero-order valence-corrected chi connectivity index (χ0v) is 10.7. The lowest BCUT2D eigenvalue weighted by Crippen LogP contribution is -2.31. The lowest BCUT2D eigenvalue weighted by atomic mass is 9.92. The summed E-state index contributed by atoms with van der Waals surface area (Å²) in [7, 11) is 1.60. The summed E-state index contributed by atoms with van der Waals surface area (Å²) in [5.41, 5.74) is 1.88. The number of anilines is 1. The molecule has 4 heteroatoms. The van der Waals surface area contributed by atoms with Crippen LogP contribution in [0.25, 0.3) is 0 Å². The molecule has 1 aliphatic heterocycles. The van der Waals surface area contributed by atoms with Crippen LogP contribution in [0.15, 0.2) is 30.5 Å². The fourth-order valence-electron chi connectivity index (χ4n) is 2.06. The Labute approximate surface area is 107 Å². The van der Waals surface area contributed by atoms with Gasteiger partial charge in [-0.1, -0.05) is 12.6 Å². The molecule has 2 rings (SSSR count). The molecule has 0 radical (unpaired) electrons. The van der Waals surface area contributed by atoms with Gasteiger partial charge in [-0.05, 0) is 25.0 Å². The molecule has 1 aliphatic rings. The Morgan fingerprint density at radius 1 is 1.56 bits per heavy atom. The maximum atomic E-state index is 12.0. The van der Waals surface area contributed by atoms with Crippen LogP contribution in [0, 0.1) is 5.92 Å². The van der Waals surface area contributed by atoms with E-state index in [-0.39, 0.29) is 11.8 Å². The molecule has 18 heavy (non-hydrogen) atoms. The Bertz CT molecular complexity index is 482. The first kappa shape index (κ1) is 12.5. The minimum atomic E-state index is -0.314. The van der Waals surface area contributed by atoms with E-state index in [4.69, 9.17) is 9.47 Å². The molecule has 0 bridgehead atoms. The third-order valence-corrected chi connectivity index (χ3v) is 3.03. The van der Waals surface area contributed by atoms with Crippen molar-refractivity contribution >= 4 is 11.6 Å². The summed E-state index contributed by atoms with van der Waals surface area (Å²) in [6.07, 6.45) is 0.615. The normalized spacial score (nSPS) is 17.7. The number of fused-ring (bicyclic) bond motifs is 1. The van der Waals surface area contributed by atoms with Crippen molar-refractivity contribution in [3.8, 4) is 5.75 Å². The summed E-state index contributed by atoms with van der Waals surface area (Å²) in [5, 5.41) is 2.86. The first-order valence-electron chi connectivity index (χ1n) is 5.95. The molecule has 96 valence electrons. The van der Waals surface area contributed by atoms with Gasteiger partial charge in [0.05, 0.1) is 19.6 Å². The smallest absolute Gasteiger partial charge is 0.235 e. The summed E-state index contributed by atoms with van der Waals surface area (Å²) in [6.45, 7) is 6.22. The third-order valence-electron chi connectivity index (χ3n) is 3.03. The number of hydrogen-bond donors (Lipinski definition) is 1. The number of nitrogens with one attached hydrogen (secondary N) is 1. The summed E-state index contributed by atoms with van der Waals surface area (Å²) < 4.78 is 10.5. The third kappa shape index (κ3) is 2.32. The van der Waals surface area contributed by atoms with Crippen LogP contribution in [-0.4, -0.2) is 19.6 Å². The number of carbonyl (C=O) groups excluding carboxylic acids is 1. The Kier molecular flexibility index (Phi) is 3.55. The van der Waals surface area contributed by atoms with Crippen LogP contribution in [0.2, 0.25) is 0 Å². The van der Waals surface area contributed by atoms with Crippen molar-refractivity contribution in [2.75, 3.05) is 19.0 Å². The molecule has 0 fully saturated rings. The van der Waals surface area contributed by atoms with E-state index >= 15 is 0 Å². The maximum Gasteiger partial charge on any atom is 0.235 e. The lowest BCUT2D eigenvalue weighted by Gasteiger charge is -2.26. The van der Waals surface area contributed by atoms with Crippen LogP contribution < -0.4 is 10.1 Å². The van der Waals surface area contributed by atoms with Crippen molar-refractivity contribution in [2.24, 2.45) is 5.92 Å². The number of ether oxygens (including phenoxy) is 2. The highest BCUT2D eigenvalue weighted by Crippen LogP contribution is 2.31. The topological polar surface area (TPSA) is 47.6 Å². The number of rotatable bonds is 4. The second-order valence-corrected chi connectivity index (χ2v) is 4.17. The molecule has 1 N–H and O–H groups in total. The van der Waals surface area contributed by atoms with Gasteiger partial charge >= 0.3 is 0 Å². The van der Waals surface area contributed by atoms with E-state index in [2.05, 4.69) is 11.9 Å². The average molecular weight is 247 g/mol. The Balaban J connectivity index is 2.23.